The van der Waals surface area contributed by atoms with Crippen LogP contribution in [0.5, 0.6) is 0 Å². The summed E-state index contributed by atoms with van der Waals surface area (Å²) >= 11 is 0. The Morgan fingerprint density at radius 2 is 0.837 bits per heavy atom. The molecule has 0 spiro atoms. The summed E-state index contributed by atoms with van der Waals surface area (Å²) in [6.45, 7) is 0. The fourth-order valence-electron chi connectivity index (χ4n) is 7.10. The van der Waals surface area contributed by atoms with Crippen molar-refractivity contribution in [2.24, 2.45) is 0 Å². The summed E-state index contributed by atoms with van der Waals surface area (Å²) in [5, 5.41) is 16.3. The van der Waals surface area contributed by atoms with E-state index in [1.54, 1.807) is 0 Å². The van der Waals surface area contributed by atoms with Crippen molar-refractivity contribution in [1.29, 1.82) is 0 Å². The molecule has 4 heteroatoms. The van der Waals surface area contributed by atoms with Crippen LogP contribution in [-0.4, -0.2) is 20.4 Å². The molecule has 2 heterocycles. The monoisotopic (exact) mass is 626 g/mol. The van der Waals surface area contributed by atoms with Crippen LogP contribution in [-0.2, 0) is 0 Å². The molecule has 0 aliphatic heterocycles. The number of para-hydroxylation sites is 1. The summed E-state index contributed by atoms with van der Waals surface area (Å²) in [4.78, 5) is 3.80. The summed E-state index contributed by atoms with van der Waals surface area (Å²) in [5.74, 6) is 0. The molecule has 49 heavy (non-hydrogen) atoms. The fourth-order valence-corrected chi connectivity index (χ4v) is 7.10. The first kappa shape index (κ1) is 28.6. The van der Waals surface area contributed by atoms with Gasteiger partial charge in [0.1, 0.15) is 11.4 Å². The lowest BCUT2D eigenvalue weighted by molar-refractivity contribution is 0.879. The van der Waals surface area contributed by atoms with Crippen LogP contribution in [0.2, 0.25) is 0 Å². The third-order valence-corrected chi connectivity index (χ3v) is 9.31. The van der Waals surface area contributed by atoms with Crippen molar-refractivity contribution in [3.05, 3.63) is 176 Å². The summed E-state index contributed by atoms with van der Waals surface area (Å²) in [7, 11) is 0. The zero-order chi connectivity index (χ0) is 32.6. The first-order chi connectivity index (χ1) is 24.3. The smallest absolute Gasteiger partial charge is 0.108 e. The van der Waals surface area contributed by atoms with Crippen LogP contribution in [0.25, 0.3) is 88.8 Å². The van der Waals surface area contributed by atoms with Crippen LogP contribution in [0.1, 0.15) is 0 Å². The van der Waals surface area contributed by atoms with Crippen LogP contribution >= 0.6 is 0 Å². The van der Waals surface area contributed by atoms with E-state index in [4.69, 9.17) is 5.10 Å². The quantitative estimate of drug-likeness (QED) is 0.200. The van der Waals surface area contributed by atoms with Crippen molar-refractivity contribution in [2.45, 2.75) is 0 Å². The van der Waals surface area contributed by atoms with Gasteiger partial charge < -0.3 is 4.98 Å². The molecule has 7 aromatic carbocycles. The van der Waals surface area contributed by atoms with Crippen molar-refractivity contribution in [3.63, 3.8) is 0 Å². The van der Waals surface area contributed by atoms with E-state index in [1.807, 2.05) is 24.3 Å². The Labute approximate surface area is 284 Å². The van der Waals surface area contributed by atoms with Gasteiger partial charge in [-0.3, -0.25) is 0 Å². The minimum Gasteiger partial charge on any atom is -0.354 e. The Hall–Kier alpha value is -6.65. The molecule has 0 aliphatic carbocycles. The van der Waals surface area contributed by atoms with Gasteiger partial charge in [-0.05, 0) is 50.2 Å². The van der Waals surface area contributed by atoms with Crippen LogP contribution in [0.4, 0.5) is 0 Å². The number of aromatic nitrogens is 4. The lowest BCUT2D eigenvalue weighted by atomic mass is 9.85. The van der Waals surface area contributed by atoms with E-state index in [0.29, 0.717) is 0 Å². The van der Waals surface area contributed by atoms with Gasteiger partial charge in [-0.15, -0.1) is 10.2 Å². The van der Waals surface area contributed by atoms with E-state index in [-0.39, 0.29) is 0 Å². The van der Waals surface area contributed by atoms with Crippen LogP contribution in [0, 0.1) is 0 Å². The second-order valence-electron chi connectivity index (χ2n) is 12.1. The number of benzene rings is 7. The molecule has 0 saturated heterocycles. The zero-order valence-electron chi connectivity index (χ0n) is 26.6. The van der Waals surface area contributed by atoms with Crippen molar-refractivity contribution in [2.75, 3.05) is 0 Å². The Morgan fingerprint density at radius 3 is 1.53 bits per heavy atom. The maximum Gasteiger partial charge on any atom is 0.108 e. The fraction of sp³-hybridized carbons (Fsp3) is 0. The third kappa shape index (κ3) is 4.98. The highest BCUT2D eigenvalue weighted by Gasteiger charge is 2.25. The highest BCUT2D eigenvalue weighted by atomic mass is 15.3. The molecule has 0 atom stereocenters. The topological polar surface area (TPSA) is 54.5 Å². The van der Waals surface area contributed by atoms with Gasteiger partial charge in [-0.1, -0.05) is 170 Å². The van der Waals surface area contributed by atoms with E-state index in [9.17, 15) is 0 Å². The Morgan fingerprint density at radius 1 is 0.327 bits per heavy atom. The minimum atomic E-state index is 0.776. The molecule has 9 rings (SSSR count). The largest absolute Gasteiger partial charge is 0.354 e. The van der Waals surface area contributed by atoms with E-state index in [0.717, 1.165) is 66.8 Å². The molecule has 0 fully saturated rings. The Kier molecular flexibility index (Phi) is 7.10. The molecule has 0 saturated carbocycles. The van der Waals surface area contributed by atoms with Gasteiger partial charge in [0.2, 0.25) is 0 Å². The van der Waals surface area contributed by atoms with Crippen molar-refractivity contribution in [3.8, 4) is 67.0 Å². The number of nitrogens with one attached hydrogen (secondary N) is 1. The van der Waals surface area contributed by atoms with Crippen molar-refractivity contribution < 1.29 is 0 Å². The van der Waals surface area contributed by atoms with E-state index < -0.39 is 0 Å². The van der Waals surface area contributed by atoms with Crippen LogP contribution in [0.15, 0.2) is 176 Å². The average Bonchev–Trinajstić information content (AvgIpc) is 3.57. The molecule has 1 N–H and O–H groups in total. The number of fused-ring (bicyclic) bond motifs is 3. The van der Waals surface area contributed by atoms with Gasteiger partial charge in [0.15, 0.2) is 0 Å². The SMILES string of the molecule is c1ccc(-c2ccccc2-c2ccccc2-c2ccc3c([nH]c4ccccc43)c2-c2nnnc(-c3ccccc3)c2-c2ccccc2)cc1. The minimum absolute atomic E-state index is 0.776. The second-order valence-corrected chi connectivity index (χ2v) is 12.1. The number of aromatic amines is 1. The number of hydrogen-bond donors (Lipinski definition) is 1. The predicted octanol–water partition coefficient (Wildman–Crippen LogP) is 11.5. The standard InChI is InChI=1S/C45H30N4/c1-4-16-30(17-5-1)33-22-10-11-23-34(33)35-24-12-13-25-36(35)38-28-29-39-37-26-14-15-27-40(37)46-44(39)42(38)45-41(31-18-6-2-7-19-31)43(47-49-48-45)32-20-8-3-9-21-32/h1-29,46H. The summed E-state index contributed by atoms with van der Waals surface area (Å²) < 4.78 is 0. The number of nitrogens with zero attached hydrogens (tertiary/aromatic N) is 3. The highest BCUT2D eigenvalue weighted by molar-refractivity contribution is 6.16. The van der Waals surface area contributed by atoms with Gasteiger partial charge in [-0.25, -0.2) is 0 Å². The number of hydrogen-bond acceptors (Lipinski definition) is 3. The Balaban J connectivity index is 1.40. The molecule has 0 bridgehead atoms. The van der Waals surface area contributed by atoms with Gasteiger partial charge in [-0.2, -0.15) is 0 Å². The normalized spacial score (nSPS) is 11.3. The number of H-pyrrole nitrogens is 1. The number of rotatable bonds is 6. The van der Waals surface area contributed by atoms with Gasteiger partial charge in [0.25, 0.3) is 0 Å². The molecule has 0 radical (unpaired) electrons. The molecule has 9 aromatic rings. The van der Waals surface area contributed by atoms with E-state index in [2.05, 4.69) is 167 Å². The van der Waals surface area contributed by atoms with Crippen LogP contribution < -0.4 is 0 Å². The van der Waals surface area contributed by atoms with Crippen molar-refractivity contribution in [1.82, 2.24) is 20.4 Å². The third-order valence-electron chi connectivity index (χ3n) is 9.31. The highest BCUT2D eigenvalue weighted by Crippen LogP contribution is 2.47. The maximum atomic E-state index is 4.90. The summed E-state index contributed by atoms with van der Waals surface area (Å²) in [6, 6.07) is 61.6. The molecule has 0 unspecified atom stereocenters. The maximum absolute atomic E-state index is 4.90. The Bertz CT molecular complexity index is 2590. The lowest BCUT2D eigenvalue weighted by Crippen LogP contribution is -2.02. The van der Waals surface area contributed by atoms with E-state index in [1.165, 1.54) is 22.1 Å². The first-order valence-electron chi connectivity index (χ1n) is 16.5. The molecule has 0 aliphatic rings. The zero-order valence-corrected chi connectivity index (χ0v) is 26.6. The van der Waals surface area contributed by atoms with Crippen LogP contribution in [0.3, 0.4) is 0 Å². The van der Waals surface area contributed by atoms with Gasteiger partial charge in [0, 0.05) is 33.0 Å². The van der Waals surface area contributed by atoms with Gasteiger partial charge in [0.05, 0.1) is 5.52 Å². The molecule has 4 nitrogen and oxygen atoms in total. The average molecular weight is 627 g/mol. The van der Waals surface area contributed by atoms with Crippen molar-refractivity contribution >= 4 is 21.8 Å². The first-order valence-corrected chi connectivity index (χ1v) is 16.5. The molecule has 2 aromatic heterocycles. The molecular formula is C45H30N4. The summed E-state index contributed by atoms with van der Waals surface area (Å²) in [6.07, 6.45) is 0. The summed E-state index contributed by atoms with van der Waals surface area (Å²) in [5.41, 5.74) is 14.5. The molecule has 0 amide bonds. The predicted molar refractivity (Wildman–Crippen MR) is 202 cm³/mol. The molecular weight excluding hydrogens is 597 g/mol. The van der Waals surface area contributed by atoms with Gasteiger partial charge >= 0.3 is 0 Å². The molecule has 230 valence electrons. The van der Waals surface area contributed by atoms with E-state index >= 15 is 0 Å². The second kappa shape index (κ2) is 12.2. The lowest BCUT2D eigenvalue weighted by Gasteiger charge is -2.19.